The molecule has 0 saturated heterocycles. The first-order chi connectivity index (χ1) is 15.6. The van der Waals surface area contributed by atoms with Crippen molar-refractivity contribution in [3.63, 3.8) is 0 Å². The number of hydrogen-bond acceptors (Lipinski definition) is 6. The minimum atomic E-state index is -0.278. The number of pyridine rings is 1. The van der Waals surface area contributed by atoms with Gasteiger partial charge in [-0.05, 0) is 73.2 Å². The lowest BCUT2D eigenvalue weighted by Gasteiger charge is -2.34. The number of H-pyrrole nitrogens is 1. The van der Waals surface area contributed by atoms with E-state index in [1.165, 1.54) is 0 Å². The molecule has 0 spiro atoms. The van der Waals surface area contributed by atoms with E-state index in [0.29, 0.717) is 18.7 Å². The van der Waals surface area contributed by atoms with Crippen LogP contribution in [0, 0.1) is 12.8 Å². The zero-order valence-electron chi connectivity index (χ0n) is 20.2. The number of fused-ring (bicyclic) bond motifs is 1. The van der Waals surface area contributed by atoms with Gasteiger partial charge in [0.05, 0.1) is 29.9 Å². The van der Waals surface area contributed by atoms with E-state index in [1.54, 1.807) is 6.26 Å². The maximum Gasteiger partial charge on any atom is 0.252 e. The van der Waals surface area contributed by atoms with E-state index < -0.39 is 0 Å². The van der Waals surface area contributed by atoms with E-state index in [1.807, 2.05) is 48.0 Å². The van der Waals surface area contributed by atoms with Crippen LogP contribution in [0.3, 0.4) is 0 Å². The van der Waals surface area contributed by atoms with E-state index in [4.69, 9.17) is 4.42 Å². The fourth-order valence-electron chi connectivity index (χ4n) is 4.36. The number of furan rings is 1. The quantitative estimate of drug-likeness (QED) is 0.445. The van der Waals surface area contributed by atoms with E-state index in [-0.39, 0.29) is 23.1 Å². The smallest absolute Gasteiger partial charge is 0.252 e. The van der Waals surface area contributed by atoms with Crippen molar-refractivity contribution in [2.75, 3.05) is 0 Å². The number of aromatic amines is 1. The molecule has 8 nitrogen and oxygen atoms in total. The Morgan fingerprint density at radius 2 is 1.94 bits per heavy atom. The number of rotatable bonds is 7. The Bertz CT molecular complexity index is 1280. The van der Waals surface area contributed by atoms with Crippen LogP contribution in [0.2, 0.25) is 0 Å². The first-order valence-electron chi connectivity index (χ1n) is 11.3. The summed E-state index contributed by atoms with van der Waals surface area (Å²) in [4.78, 5) is 18.4. The Kier molecular flexibility index (Phi) is 6.21. The van der Waals surface area contributed by atoms with Crippen LogP contribution in [-0.2, 0) is 18.6 Å². The lowest BCUT2D eigenvalue weighted by Crippen LogP contribution is -2.37. The predicted octanol–water partition coefficient (Wildman–Crippen LogP) is 4.57. The van der Waals surface area contributed by atoms with Crippen molar-refractivity contribution in [1.29, 1.82) is 0 Å². The van der Waals surface area contributed by atoms with Crippen molar-refractivity contribution in [2.24, 2.45) is 5.92 Å². The Labute approximate surface area is 193 Å². The van der Waals surface area contributed by atoms with Crippen molar-refractivity contribution in [2.45, 2.75) is 66.2 Å². The number of nitrogens with zero attached hydrogens (tertiary/aromatic N) is 5. The molecule has 0 aliphatic carbocycles. The van der Waals surface area contributed by atoms with Gasteiger partial charge in [0.25, 0.3) is 5.56 Å². The van der Waals surface area contributed by atoms with Crippen LogP contribution in [0.4, 0.5) is 0 Å². The first-order valence-corrected chi connectivity index (χ1v) is 11.3. The average Bonchev–Trinajstić information content (AvgIpc) is 3.41. The van der Waals surface area contributed by atoms with Gasteiger partial charge >= 0.3 is 0 Å². The standard InChI is InChI=1S/C25H32N6O2/c1-16(2)22(23-27-28-29-31(23)25(4,5)6)30(15-20-11-8-12-33-20)14-19-13-18-10-7-9-17(3)21(18)26-24(19)32/h7-13,16,22H,14-15H2,1-6H3,(H,26,32)/t22-/m0/s1. The van der Waals surface area contributed by atoms with Gasteiger partial charge in [0.15, 0.2) is 5.82 Å². The van der Waals surface area contributed by atoms with E-state index in [2.05, 4.69) is 60.0 Å². The molecular weight excluding hydrogens is 416 g/mol. The Hall–Kier alpha value is -3.26. The molecule has 1 aromatic carbocycles. The molecule has 0 radical (unpaired) electrons. The molecule has 0 aliphatic heterocycles. The highest BCUT2D eigenvalue weighted by Gasteiger charge is 2.33. The molecule has 33 heavy (non-hydrogen) atoms. The summed E-state index contributed by atoms with van der Waals surface area (Å²) in [7, 11) is 0. The van der Waals surface area contributed by atoms with Gasteiger partial charge in [0.2, 0.25) is 0 Å². The van der Waals surface area contributed by atoms with Crippen LogP contribution < -0.4 is 5.56 Å². The van der Waals surface area contributed by atoms with Gasteiger partial charge in [-0.15, -0.1) is 5.10 Å². The van der Waals surface area contributed by atoms with Crippen molar-refractivity contribution < 1.29 is 4.42 Å². The summed E-state index contributed by atoms with van der Waals surface area (Å²) in [5.41, 5.74) is 2.26. The molecule has 0 aliphatic rings. The number of hydrogen-bond donors (Lipinski definition) is 1. The molecule has 1 N–H and O–H groups in total. The predicted molar refractivity (Wildman–Crippen MR) is 128 cm³/mol. The summed E-state index contributed by atoms with van der Waals surface area (Å²) in [6.07, 6.45) is 1.67. The lowest BCUT2D eigenvalue weighted by atomic mass is 9.98. The Morgan fingerprint density at radius 1 is 1.15 bits per heavy atom. The second-order valence-corrected chi connectivity index (χ2v) is 9.96. The maximum absolute atomic E-state index is 13.1. The summed E-state index contributed by atoms with van der Waals surface area (Å²) in [6, 6.07) is 11.7. The van der Waals surface area contributed by atoms with Gasteiger partial charge in [-0.1, -0.05) is 32.0 Å². The Morgan fingerprint density at radius 3 is 2.61 bits per heavy atom. The van der Waals surface area contributed by atoms with Crippen molar-refractivity contribution >= 4 is 10.9 Å². The third-order valence-corrected chi connectivity index (χ3v) is 5.90. The zero-order valence-corrected chi connectivity index (χ0v) is 20.2. The fourth-order valence-corrected chi connectivity index (χ4v) is 4.36. The third kappa shape index (κ3) is 4.75. The number of para-hydroxylation sites is 1. The third-order valence-electron chi connectivity index (χ3n) is 5.90. The molecule has 0 unspecified atom stereocenters. The highest BCUT2D eigenvalue weighted by atomic mass is 16.3. The van der Waals surface area contributed by atoms with Crippen LogP contribution in [0.1, 0.15) is 63.4 Å². The molecule has 0 fully saturated rings. The molecule has 0 amide bonds. The minimum Gasteiger partial charge on any atom is -0.468 e. The molecule has 8 heteroatoms. The van der Waals surface area contributed by atoms with Crippen LogP contribution >= 0.6 is 0 Å². The van der Waals surface area contributed by atoms with Gasteiger partial charge in [0.1, 0.15) is 5.76 Å². The highest BCUT2D eigenvalue weighted by molar-refractivity contribution is 5.81. The van der Waals surface area contributed by atoms with Gasteiger partial charge in [0, 0.05) is 12.1 Å². The fraction of sp³-hybridized carbons (Fsp3) is 0.440. The average molecular weight is 449 g/mol. The van der Waals surface area contributed by atoms with Crippen molar-refractivity contribution in [3.8, 4) is 0 Å². The molecule has 174 valence electrons. The van der Waals surface area contributed by atoms with E-state index in [0.717, 1.165) is 28.1 Å². The molecule has 4 rings (SSSR count). The van der Waals surface area contributed by atoms with Crippen LogP contribution in [0.25, 0.3) is 10.9 Å². The largest absolute Gasteiger partial charge is 0.468 e. The second-order valence-electron chi connectivity index (χ2n) is 9.96. The van der Waals surface area contributed by atoms with Gasteiger partial charge in [-0.3, -0.25) is 9.69 Å². The molecule has 0 bridgehead atoms. The molecule has 4 aromatic rings. The number of tetrazole rings is 1. The summed E-state index contributed by atoms with van der Waals surface area (Å²) < 4.78 is 7.55. The van der Waals surface area contributed by atoms with Gasteiger partial charge in [-0.25, -0.2) is 4.68 Å². The Balaban J connectivity index is 1.80. The topological polar surface area (TPSA) is 92.8 Å². The summed E-state index contributed by atoms with van der Waals surface area (Å²) >= 11 is 0. The van der Waals surface area contributed by atoms with Crippen LogP contribution in [0.15, 0.2) is 51.9 Å². The molecular formula is C25H32N6O2. The van der Waals surface area contributed by atoms with Crippen LogP contribution in [-0.4, -0.2) is 30.1 Å². The zero-order chi connectivity index (χ0) is 23.8. The summed E-state index contributed by atoms with van der Waals surface area (Å²) in [5, 5.41) is 13.7. The van der Waals surface area contributed by atoms with Gasteiger partial charge in [-0.2, -0.15) is 0 Å². The number of nitrogens with one attached hydrogen (secondary N) is 1. The summed E-state index contributed by atoms with van der Waals surface area (Å²) in [5.74, 6) is 1.79. The number of benzene rings is 1. The van der Waals surface area contributed by atoms with Crippen LogP contribution in [0.5, 0.6) is 0 Å². The summed E-state index contributed by atoms with van der Waals surface area (Å²) in [6.45, 7) is 13.5. The molecule has 3 heterocycles. The maximum atomic E-state index is 13.1. The van der Waals surface area contributed by atoms with Crippen molar-refractivity contribution in [1.82, 2.24) is 30.1 Å². The highest BCUT2D eigenvalue weighted by Crippen LogP contribution is 2.32. The molecule has 3 aromatic heterocycles. The monoisotopic (exact) mass is 448 g/mol. The normalized spacial score (nSPS) is 13.3. The second kappa shape index (κ2) is 8.94. The number of aromatic nitrogens is 5. The van der Waals surface area contributed by atoms with Gasteiger partial charge < -0.3 is 9.40 Å². The number of aryl methyl sites for hydroxylation is 1. The first kappa shape index (κ1) is 22.9. The van der Waals surface area contributed by atoms with E-state index in [9.17, 15) is 4.79 Å². The SMILES string of the molecule is Cc1cccc2cc(CN(Cc3ccco3)[C@H](c3nnnn3C(C)(C)C)C(C)C)c(=O)[nH]c12. The van der Waals surface area contributed by atoms with E-state index >= 15 is 0 Å². The van der Waals surface area contributed by atoms with Crippen molar-refractivity contribution in [3.05, 3.63) is 75.7 Å². The molecule has 1 atom stereocenters. The minimum absolute atomic E-state index is 0.0841. The molecule has 0 saturated carbocycles. The lowest BCUT2D eigenvalue weighted by molar-refractivity contribution is 0.111.